The maximum atomic E-state index is 4.85. The third-order valence-corrected chi connectivity index (χ3v) is 9.48. The fourth-order valence-corrected chi connectivity index (χ4v) is 6.61. The normalized spacial score (nSPS) is 11.7. The summed E-state index contributed by atoms with van der Waals surface area (Å²) in [5.74, 6) is 0. The van der Waals surface area contributed by atoms with Crippen molar-refractivity contribution in [3.05, 3.63) is 175 Å². The van der Waals surface area contributed by atoms with Crippen molar-refractivity contribution in [3.8, 4) is 44.8 Å². The number of hydrogen-bond acceptors (Lipinski definition) is 3. The van der Waals surface area contributed by atoms with Gasteiger partial charge in [0.2, 0.25) is 0 Å². The van der Waals surface area contributed by atoms with Gasteiger partial charge in [-0.05, 0) is 81.6 Å². The number of benzene rings is 5. The van der Waals surface area contributed by atoms with E-state index in [4.69, 9.17) is 9.97 Å². The van der Waals surface area contributed by atoms with Gasteiger partial charge in [-0.15, -0.1) is 0 Å². The molecular formula is C48H45N3. The maximum Gasteiger partial charge on any atom is 0.0705 e. The van der Waals surface area contributed by atoms with Gasteiger partial charge in [-0.3, -0.25) is 9.97 Å². The second kappa shape index (κ2) is 13.8. The van der Waals surface area contributed by atoms with E-state index in [1.54, 1.807) is 0 Å². The van der Waals surface area contributed by atoms with Gasteiger partial charge in [0.1, 0.15) is 0 Å². The molecule has 0 atom stereocenters. The van der Waals surface area contributed by atoms with E-state index in [2.05, 4.69) is 198 Å². The Morgan fingerprint density at radius 2 is 0.784 bits per heavy atom. The highest BCUT2D eigenvalue weighted by Gasteiger charge is 2.23. The van der Waals surface area contributed by atoms with Crippen molar-refractivity contribution in [1.82, 2.24) is 9.97 Å². The standard InChI is InChI=1S/C48H45N3/c1-47(2,3)38-26-28-49-44(32-38)36-20-13-22-40(30-36)51(41-23-14-21-37(31-41)45-33-39(27-29-50-45)48(4,5)6)46-42(34-16-9-7-10-17-34)24-15-25-43(46)35-18-11-8-12-19-35/h7-33H,1-6H3. The lowest BCUT2D eigenvalue weighted by molar-refractivity contribution is 0.589. The van der Waals surface area contributed by atoms with E-state index in [0.717, 1.165) is 61.8 Å². The number of pyridine rings is 2. The molecule has 0 saturated heterocycles. The van der Waals surface area contributed by atoms with Gasteiger partial charge in [0.05, 0.1) is 17.1 Å². The molecule has 0 aliphatic carbocycles. The maximum absolute atomic E-state index is 4.85. The lowest BCUT2D eigenvalue weighted by Crippen LogP contribution is -2.13. The van der Waals surface area contributed by atoms with Crippen LogP contribution in [0, 0.1) is 0 Å². The van der Waals surface area contributed by atoms with Crippen molar-refractivity contribution < 1.29 is 0 Å². The third-order valence-electron chi connectivity index (χ3n) is 9.48. The zero-order valence-corrected chi connectivity index (χ0v) is 30.4. The lowest BCUT2D eigenvalue weighted by atomic mass is 9.87. The van der Waals surface area contributed by atoms with Crippen LogP contribution in [0.1, 0.15) is 52.7 Å². The van der Waals surface area contributed by atoms with Crippen molar-refractivity contribution >= 4 is 17.1 Å². The van der Waals surface area contributed by atoms with Gasteiger partial charge in [-0.1, -0.05) is 145 Å². The number of rotatable bonds is 7. The van der Waals surface area contributed by atoms with Crippen LogP contribution in [0.2, 0.25) is 0 Å². The zero-order chi connectivity index (χ0) is 35.6. The van der Waals surface area contributed by atoms with Crippen LogP contribution >= 0.6 is 0 Å². The summed E-state index contributed by atoms with van der Waals surface area (Å²) >= 11 is 0. The Morgan fingerprint density at radius 1 is 0.392 bits per heavy atom. The van der Waals surface area contributed by atoms with Gasteiger partial charge >= 0.3 is 0 Å². The number of hydrogen-bond donors (Lipinski definition) is 0. The van der Waals surface area contributed by atoms with Crippen LogP contribution in [0.25, 0.3) is 44.8 Å². The van der Waals surface area contributed by atoms with E-state index >= 15 is 0 Å². The average molecular weight is 664 g/mol. The molecule has 2 heterocycles. The summed E-state index contributed by atoms with van der Waals surface area (Å²) in [6.45, 7) is 13.5. The topological polar surface area (TPSA) is 29.0 Å². The summed E-state index contributed by atoms with van der Waals surface area (Å²) in [6.07, 6.45) is 3.86. The smallest absolute Gasteiger partial charge is 0.0705 e. The molecule has 0 unspecified atom stereocenters. The van der Waals surface area contributed by atoms with Crippen LogP contribution in [-0.4, -0.2) is 9.97 Å². The summed E-state index contributed by atoms with van der Waals surface area (Å²) in [5, 5.41) is 0. The molecule has 0 N–H and O–H groups in total. The van der Waals surface area contributed by atoms with Crippen LogP contribution in [0.5, 0.6) is 0 Å². The van der Waals surface area contributed by atoms with Crippen LogP contribution < -0.4 is 4.90 Å². The molecule has 0 saturated carbocycles. The van der Waals surface area contributed by atoms with Gasteiger partial charge in [0, 0.05) is 46.0 Å². The van der Waals surface area contributed by atoms with E-state index in [-0.39, 0.29) is 10.8 Å². The minimum Gasteiger partial charge on any atom is -0.309 e. The van der Waals surface area contributed by atoms with Gasteiger partial charge in [-0.2, -0.15) is 0 Å². The number of nitrogens with zero attached hydrogens (tertiary/aromatic N) is 3. The Morgan fingerprint density at radius 3 is 1.20 bits per heavy atom. The number of anilines is 3. The quantitative estimate of drug-likeness (QED) is 0.170. The molecule has 0 amide bonds. The SMILES string of the molecule is CC(C)(C)c1ccnc(-c2cccc(N(c3cccc(-c4cc(C(C)(C)C)ccn4)c3)c3c(-c4ccccc4)cccc3-c3ccccc3)c2)c1. The fraction of sp³-hybridized carbons (Fsp3) is 0.167. The predicted molar refractivity (Wildman–Crippen MR) is 216 cm³/mol. The Hall–Kier alpha value is -5.80. The monoisotopic (exact) mass is 663 g/mol. The summed E-state index contributed by atoms with van der Waals surface area (Å²) in [7, 11) is 0. The molecule has 5 aromatic carbocycles. The molecule has 0 spiro atoms. The summed E-state index contributed by atoms with van der Waals surface area (Å²) < 4.78 is 0. The first-order chi connectivity index (χ1) is 24.6. The molecule has 51 heavy (non-hydrogen) atoms. The third kappa shape index (κ3) is 7.25. The highest BCUT2D eigenvalue weighted by Crippen LogP contribution is 2.47. The molecule has 7 rings (SSSR count). The van der Waals surface area contributed by atoms with E-state index in [1.807, 2.05) is 12.4 Å². The summed E-state index contributed by atoms with van der Waals surface area (Å²) in [6, 6.07) is 54.3. The minimum absolute atomic E-state index is 0.0132. The van der Waals surface area contributed by atoms with Crippen LogP contribution in [0.3, 0.4) is 0 Å². The first-order valence-corrected chi connectivity index (χ1v) is 17.7. The number of para-hydroxylation sites is 1. The summed E-state index contributed by atoms with van der Waals surface area (Å²) in [5.41, 5.74) is 14.4. The van der Waals surface area contributed by atoms with Gasteiger partial charge in [-0.25, -0.2) is 0 Å². The highest BCUT2D eigenvalue weighted by molar-refractivity contribution is 5.98. The molecule has 0 radical (unpaired) electrons. The Labute approximate surface area is 303 Å². The van der Waals surface area contributed by atoms with E-state index in [0.29, 0.717) is 0 Å². The number of aromatic nitrogens is 2. The van der Waals surface area contributed by atoms with E-state index in [1.165, 1.54) is 11.1 Å². The van der Waals surface area contributed by atoms with Crippen molar-refractivity contribution in [2.24, 2.45) is 0 Å². The Bertz CT molecular complexity index is 2120. The Balaban J connectivity index is 1.50. The fourth-order valence-electron chi connectivity index (χ4n) is 6.61. The molecule has 0 aliphatic rings. The second-order valence-electron chi connectivity index (χ2n) is 15.2. The molecule has 7 aromatic rings. The van der Waals surface area contributed by atoms with Crippen LogP contribution in [0.15, 0.2) is 164 Å². The largest absolute Gasteiger partial charge is 0.309 e. The molecular weight excluding hydrogens is 619 g/mol. The molecule has 0 bridgehead atoms. The second-order valence-corrected chi connectivity index (χ2v) is 15.2. The van der Waals surface area contributed by atoms with E-state index < -0.39 is 0 Å². The minimum atomic E-state index is 0.0132. The van der Waals surface area contributed by atoms with Crippen LogP contribution in [-0.2, 0) is 10.8 Å². The molecule has 0 aliphatic heterocycles. The van der Waals surface area contributed by atoms with Gasteiger partial charge in [0.25, 0.3) is 0 Å². The Kier molecular flexibility index (Phi) is 9.14. The summed E-state index contributed by atoms with van der Waals surface area (Å²) in [4.78, 5) is 12.1. The molecule has 3 heteroatoms. The van der Waals surface area contributed by atoms with E-state index in [9.17, 15) is 0 Å². The lowest BCUT2D eigenvalue weighted by Gasteiger charge is -2.31. The van der Waals surface area contributed by atoms with Crippen molar-refractivity contribution in [2.75, 3.05) is 4.90 Å². The predicted octanol–water partition coefficient (Wildman–Crippen LogP) is 13.2. The molecule has 3 nitrogen and oxygen atoms in total. The van der Waals surface area contributed by atoms with Crippen LogP contribution in [0.4, 0.5) is 17.1 Å². The average Bonchev–Trinajstić information content (AvgIpc) is 3.15. The molecule has 0 fully saturated rings. The van der Waals surface area contributed by atoms with Gasteiger partial charge < -0.3 is 4.90 Å². The highest BCUT2D eigenvalue weighted by atomic mass is 15.1. The first kappa shape index (κ1) is 33.7. The molecule has 2 aromatic heterocycles. The van der Waals surface area contributed by atoms with Crippen molar-refractivity contribution in [2.45, 2.75) is 52.4 Å². The van der Waals surface area contributed by atoms with Crippen molar-refractivity contribution in [3.63, 3.8) is 0 Å². The van der Waals surface area contributed by atoms with Gasteiger partial charge in [0.15, 0.2) is 0 Å². The van der Waals surface area contributed by atoms with Crippen molar-refractivity contribution in [1.29, 1.82) is 0 Å². The molecule has 252 valence electrons. The zero-order valence-electron chi connectivity index (χ0n) is 30.4. The first-order valence-electron chi connectivity index (χ1n) is 17.7.